The van der Waals surface area contributed by atoms with Gasteiger partial charge in [0.1, 0.15) is 5.82 Å². The van der Waals surface area contributed by atoms with Crippen LogP contribution in [-0.4, -0.2) is 30.1 Å². The molecule has 0 spiro atoms. The molecule has 1 saturated heterocycles. The fraction of sp³-hybridized carbons (Fsp3) is 0.700. The lowest BCUT2D eigenvalue weighted by Gasteiger charge is -2.31. The minimum absolute atomic E-state index is 0.494. The van der Waals surface area contributed by atoms with E-state index in [1.54, 1.807) is 0 Å². The van der Waals surface area contributed by atoms with Crippen molar-refractivity contribution in [1.82, 2.24) is 10.3 Å². The molecule has 5 heteroatoms. The fourth-order valence-corrected chi connectivity index (χ4v) is 3.79. The van der Waals surface area contributed by atoms with E-state index in [0.717, 1.165) is 30.4 Å². The second-order valence-electron chi connectivity index (χ2n) is 7.73. The zero-order valence-electron chi connectivity index (χ0n) is 15.6. The molecule has 0 atom stereocenters. The number of guanidine groups is 1. The molecule has 138 valence electrons. The third-order valence-electron chi connectivity index (χ3n) is 5.56. The van der Waals surface area contributed by atoms with Gasteiger partial charge in [0.15, 0.2) is 5.96 Å². The number of hydrogen-bond acceptors (Lipinski definition) is 3. The Bertz CT molecular complexity index is 538. The van der Waals surface area contributed by atoms with Crippen molar-refractivity contribution in [2.75, 3.05) is 18.0 Å². The van der Waals surface area contributed by atoms with Crippen molar-refractivity contribution in [1.29, 1.82) is 0 Å². The van der Waals surface area contributed by atoms with E-state index in [1.165, 1.54) is 51.4 Å². The zero-order chi connectivity index (χ0) is 17.5. The average molecular weight is 344 g/mol. The molecule has 0 aromatic carbocycles. The van der Waals surface area contributed by atoms with Crippen molar-refractivity contribution < 1.29 is 0 Å². The topological polar surface area (TPSA) is 66.5 Å². The lowest BCUT2D eigenvalue weighted by Crippen LogP contribution is -2.39. The number of nitrogens with two attached hydrogens (primary N) is 1. The van der Waals surface area contributed by atoms with Gasteiger partial charge in [-0.15, -0.1) is 0 Å². The second-order valence-corrected chi connectivity index (χ2v) is 7.73. The van der Waals surface area contributed by atoms with E-state index in [4.69, 9.17) is 5.73 Å². The monoisotopic (exact) mass is 343 g/mol. The molecule has 2 fully saturated rings. The molecule has 3 rings (SSSR count). The predicted molar refractivity (Wildman–Crippen MR) is 105 cm³/mol. The highest BCUT2D eigenvalue weighted by atomic mass is 15.2. The molecule has 25 heavy (non-hydrogen) atoms. The summed E-state index contributed by atoms with van der Waals surface area (Å²) in [5.41, 5.74) is 7.18. The van der Waals surface area contributed by atoms with Gasteiger partial charge in [-0.25, -0.2) is 9.98 Å². The summed E-state index contributed by atoms with van der Waals surface area (Å²) >= 11 is 0. The number of aliphatic imine (C=N–C) groups is 1. The van der Waals surface area contributed by atoms with Gasteiger partial charge >= 0.3 is 0 Å². The summed E-state index contributed by atoms with van der Waals surface area (Å²) in [5.74, 6) is 2.50. The molecule has 0 unspecified atom stereocenters. The second kappa shape index (κ2) is 9.07. The first-order valence-electron chi connectivity index (χ1n) is 9.97. The first-order valence-corrected chi connectivity index (χ1v) is 9.97. The molecule has 1 saturated carbocycles. The Morgan fingerprint density at radius 3 is 2.52 bits per heavy atom. The van der Waals surface area contributed by atoms with Crippen LogP contribution in [0.2, 0.25) is 0 Å². The van der Waals surface area contributed by atoms with Crippen LogP contribution in [0.5, 0.6) is 0 Å². The Hall–Kier alpha value is -1.78. The number of pyridine rings is 1. The van der Waals surface area contributed by atoms with Crippen molar-refractivity contribution in [3.05, 3.63) is 23.9 Å². The van der Waals surface area contributed by atoms with Crippen LogP contribution in [0.3, 0.4) is 0 Å². The van der Waals surface area contributed by atoms with Crippen molar-refractivity contribution in [2.45, 2.75) is 70.9 Å². The average Bonchev–Trinajstić information content (AvgIpc) is 2.90. The van der Waals surface area contributed by atoms with Gasteiger partial charge in [-0.05, 0) is 43.2 Å². The zero-order valence-corrected chi connectivity index (χ0v) is 15.6. The Balaban J connectivity index is 1.49. The van der Waals surface area contributed by atoms with Crippen LogP contribution in [0.15, 0.2) is 23.3 Å². The van der Waals surface area contributed by atoms with E-state index >= 15 is 0 Å². The predicted octanol–water partition coefficient (Wildman–Crippen LogP) is 3.45. The van der Waals surface area contributed by atoms with Gasteiger partial charge in [0.05, 0.1) is 6.54 Å². The van der Waals surface area contributed by atoms with Gasteiger partial charge in [-0.3, -0.25) is 0 Å². The van der Waals surface area contributed by atoms with Crippen molar-refractivity contribution in [3.8, 4) is 0 Å². The molecular formula is C20H33N5. The van der Waals surface area contributed by atoms with E-state index in [-0.39, 0.29) is 0 Å². The molecule has 1 aliphatic heterocycles. The van der Waals surface area contributed by atoms with E-state index in [1.807, 2.05) is 6.20 Å². The Labute approximate surface area is 152 Å². The first-order chi connectivity index (χ1) is 12.2. The Morgan fingerprint density at radius 1 is 1.16 bits per heavy atom. The van der Waals surface area contributed by atoms with Crippen LogP contribution < -0.4 is 16.0 Å². The highest BCUT2D eigenvalue weighted by molar-refractivity contribution is 5.78. The molecule has 1 aromatic rings. The summed E-state index contributed by atoms with van der Waals surface area (Å²) in [6.07, 6.45) is 12.2. The molecule has 0 radical (unpaired) electrons. The van der Waals surface area contributed by atoms with Crippen LogP contribution in [0.4, 0.5) is 5.82 Å². The summed E-state index contributed by atoms with van der Waals surface area (Å²) in [4.78, 5) is 11.5. The largest absolute Gasteiger partial charge is 0.370 e. The molecule has 0 amide bonds. The minimum Gasteiger partial charge on any atom is -0.370 e. The van der Waals surface area contributed by atoms with Gasteiger partial charge in [-0.2, -0.15) is 0 Å². The minimum atomic E-state index is 0.494. The van der Waals surface area contributed by atoms with Crippen LogP contribution in [0, 0.1) is 5.92 Å². The lowest BCUT2D eigenvalue weighted by atomic mass is 9.99. The molecule has 1 aliphatic carbocycles. The number of anilines is 1. The molecule has 5 nitrogen and oxygen atoms in total. The summed E-state index contributed by atoms with van der Waals surface area (Å²) in [6, 6.07) is 4.74. The number of rotatable bonds is 4. The number of aromatic nitrogens is 1. The van der Waals surface area contributed by atoms with Gasteiger partial charge in [-0.1, -0.05) is 38.7 Å². The van der Waals surface area contributed by atoms with Crippen LogP contribution in [0.1, 0.15) is 63.9 Å². The maximum absolute atomic E-state index is 6.07. The first kappa shape index (κ1) is 18.0. The quantitative estimate of drug-likeness (QED) is 0.499. The molecular weight excluding hydrogens is 310 g/mol. The Morgan fingerprint density at radius 2 is 1.88 bits per heavy atom. The summed E-state index contributed by atoms with van der Waals surface area (Å²) in [6.45, 7) is 5.16. The van der Waals surface area contributed by atoms with Crippen molar-refractivity contribution in [3.63, 3.8) is 0 Å². The molecule has 1 aromatic heterocycles. The standard InChI is InChI=1S/C20H33N5/c1-16-10-12-25(13-11-16)19-9-8-17(14-22-19)15-23-20(21)24-18-6-4-2-3-5-7-18/h8-9,14,16,18H,2-7,10-13,15H2,1H3,(H3,21,23,24). The highest BCUT2D eigenvalue weighted by Gasteiger charge is 2.16. The van der Waals surface area contributed by atoms with Crippen LogP contribution in [0.25, 0.3) is 0 Å². The van der Waals surface area contributed by atoms with Gasteiger partial charge in [0, 0.05) is 25.3 Å². The third-order valence-corrected chi connectivity index (χ3v) is 5.56. The maximum atomic E-state index is 6.07. The van der Waals surface area contributed by atoms with Crippen molar-refractivity contribution in [2.24, 2.45) is 16.6 Å². The van der Waals surface area contributed by atoms with Gasteiger partial charge in [0.25, 0.3) is 0 Å². The Kier molecular flexibility index (Phi) is 6.54. The molecule has 0 bridgehead atoms. The fourth-order valence-electron chi connectivity index (χ4n) is 3.79. The number of nitrogens with one attached hydrogen (secondary N) is 1. The number of piperidine rings is 1. The third kappa shape index (κ3) is 5.62. The molecule has 3 N–H and O–H groups in total. The van der Waals surface area contributed by atoms with Gasteiger partial charge in [0.2, 0.25) is 0 Å². The van der Waals surface area contributed by atoms with Crippen LogP contribution >= 0.6 is 0 Å². The number of hydrogen-bond donors (Lipinski definition) is 2. The van der Waals surface area contributed by atoms with E-state index in [9.17, 15) is 0 Å². The summed E-state index contributed by atoms with van der Waals surface area (Å²) in [5, 5.41) is 3.40. The molecule has 2 aliphatic rings. The molecule has 2 heterocycles. The van der Waals surface area contributed by atoms with E-state index < -0.39 is 0 Å². The SMILES string of the molecule is CC1CCN(c2ccc(CN=C(N)NC3CCCCCC3)cn2)CC1. The van der Waals surface area contributed by atoms with E-state index in [2.05, 4.69) is 39.2 Å². The maximum Gasteiger partial charge on any atom is 0.189 e. The van der Waals surface area contributed by atoms with Gasteiger partial charge < -0.3 is 16.0 Å². The number of nitrogens with zero attached hydrogens (tertiary/aromatic N) is 3. The highest BCUT2D eigenvalue weighted by Crippen LogP contribution is 2.21. The van der Waals surface area contributed by atoms with E-state index in [0.29, 0.717) is 18.5 Å². The lowest BCUT2D eigenvalue weighted by molar-refractivity contribution is 0.436. The normalized spacial score (nSPS) is 21.2. The van der Waals surface area contributed by atoms with Crippen molar-refractivity contribution >= 4 is 11.8 Å². The smallest absolute Gasteiger partial charge is 0.189 e. The summed E-state index contributed by atoms with van der Waals surface area (Å²) in [7, 11) is 0. The van der Waals surface area contributed by atoms with Crippen LogP contribution in [-0.2, 0) is 6.54 Å². The summed E-state index contributed by atoms with van der Waals surface area (Å²) < 4.78 is 0.